The van der Waals surface area contributed by atoms with Gasteiger partial charge in [0.1, 0.15) is 5.82 Å². The largest absolute Gasteiger partial charge is 0.481 e. The molecule has 2 heterocycles. The van der Waals surface area contributed by atoms with Crippen molar-refractivity contribution in [1.29, 1.82) is 0 Å². The summed E-state index contributed by atoms with van der Waals surface area (Å²) in [5.41, 5.74) is 2.75. The quantitative estimate of drug-likeness (QED) is 0.454. The zero-order chi connectivity index (χ0) is 24.8. The van der Waals surface area contributed by atoms with Crippen molar-refractivity contribution >= 4 is 34.8 Å². The smallest absolute Gasteiger partial charge is 0.234 e. The van der Waals surface area contributed by atoms with Crippen LogP contribution in [0.25, 0.3) is 0 Å². The van der Waals surface area contributed by atoms with E-state index in [1.54, 1.807) is 7.11 Å². The molecule has 0 atom stereocenters. The van der Waals surface area contributed by atoms with E-state index in [0.29, 0.717) is 16.9 Å². The first-order valence-electron chi connectivity index (χ1n) is 12.7. The van der Waals surface area contributed by atoms with Crippen LogP contribution in [-0.2, 0) is 5.41 Å². The van der Waals surface area contributed by atoms with E-state index in [-0.39, 0.29) is 5.41 Å². The van der Waals surface area contributed by atoms with Crippen LogP contribution in [0.2, 0.25) is 0 Å². The highest BCUT2D eigenvalue weighted by Crippen LogP contribution is 2.40. The minimum absolute atomic E-state index is 0.117. The number of thiocarbonyl (C=S) groups is 1. The molecule has 7 nitrogen and oxygen atoms in total. The van der Waals surface area contributed by atoms with Gasteiger partial charge in [-0.05, 0) is 42.8 Å². The fourth-order valence-corrected chi connectivity index (χ4v) is 5.54. The van der Waals surface area contributed by atoms with E-state index in [4.69, 9.17) is 21.9 Å². The molecule has 2 N–H and O–H groups in total. The van der Waals surface area contributed by atoms with Gasteiger partial charge in [-0.3, -0.25) is 0 Å². The zero-order valence-electron chi connectivity index (χ0n) is 20.8. The number of aromatic nitrogens is 2. The van der Waals surface area contributed by atoms with Crippen LogP contribution in [-0.4, -0.2) is 54.9 Å². The van der Waals surface area contributed by atoms with Crippen LogP contribution in [0.15, 0.2) is 66.7 Å². The summed E-state index contributed by atoms with van der Waals surface area (Å²) in [5.74, 6) is 1.82. The maximum Gasteiger partial charge on any atom is 0.234 e. The van der Waals surface area contributed by atoms with Crippen LogP contribution in [0.3, 0.4) is 0 Å². The monoisotopic (exact) mass is 502 g/mol. The van der Waals surface area contributed by atoms with E-state index in [1.165, 1.54) is 36.9 Å². The highest BCUT2D eigenvalue weighted by Gasteiger charge is 2.35. The minimum atomic E-state index is 0.117. The molecule has 0 amide bonds. The topological polar surface area (TPSA) is 65.6 Å². The number of methoxy groups -OCH3 is 1. The maximum atomic E-state index is 5.66. The number of nitrogens with one attached hydrogen (secondary N) is 2. The second kappa shape index (κ2) is 11.1. The maximum absolute atomic E-state index is 5.66. The molecule has 2 aromatic carbocycles. The summed E-state index contributed by atoms with van der Waals surface area (Å²) in [6.07, 6.45) is 4.83. The molecular formula is C28H34N6OS. The molecule has 1 aliphatic heterocycles. The molecule has 5 rings (SSSR count). The highest BCUT2D eigenvalue weighted by atomic mass is 32.1. The van der Waals surface area contributed by atoms with Crippen LogP contribution in [0.4, 0.5) is 17.5 Å². The Labute approximate surface area is 218 Å². The first-order chi connectivity index (χ1) is 17.6. The Kier molecular flexibility index (Phi) is 7.51. The van der Waals surface area contributed by atoms with Gasteiger partial charge in [0, 0.05) is 49.9 Å². The summed E-state index contributed by atoms with van der Waals surface area (Å²) in [7, 11) is 1.63. The zero-order valence-corrected chi connectivity index (χ0v) is 21.6. The van der Waals surface area contributed by atoms with Gasteiger partial charge >= 0.3 is 0 Å². The van der Waals surface area contributed by atoms with Crippen molar-refractivity contribution < 1.29 is 4.74 Å². The second-order valence-electron chi connectivity index (χ2n) is 9.56. The third-order valence-corrected chi connectivity index (χ3v) is 7.63. The van der Waals surface area contributed by atoms with Gasteiger partial charge < -0.3 is 25.2 Å². The summed E-state index contributed by atoms with van der Waals surface area (Å²) in [6, 6.07) is 23.2. The van der Waals surface area contributed by atoms with E-state index in [0.717, 1.165) is 38.5 Å². The van der Waals surface area contributed by atoms with Crippen molar-refractivity contribution in [2.75, 3.05) is 55.0 Å². The molecule has 1 aliphatic carbocycles. The Morgan fingerprint density at radius 2 is 1.56 bits per heavy atom. The van der Waals surface area contributed by atoms with Crippen molar-refractivity contribution in [2.24, 2.45) is 0 Å². The van der Waals surface area contributed by atoms with Crippen molar-refractivity contribution in [3.05, 3.63) is 72.3 Å². The van der Waals surface area contributed by atoms with Gasteiger partial charge in [-0.15, -0.1) is 0 Å². The molecule has 36 heavy (non-hydrogen) atoms. The Hall–Kier alpha value is -3.39. The lowest BCUT2D eigenvalue weighted by Gasteiger charge is -2.36. The third kappa shape index (κ3) is 5.54. The summed E-state index contributed by atoms with van der Waals surface area (Å²) in [6.45, 7) is 4.40. The molecule has 1 saturated heterocycles. The van der Waals surface area contributed by atoms with Gasteiger partial charge in [-0.2, -0.15) is 9.97 Å². The Bertz CT molecular complexity index is 1150. The van der Waals surface area contributed by atoms with Crippen molar-refractivity contribution in [1.82, 2.24) is 15.3 Å². The van der Waals surface area contributed by atoms with E-state index < -0.39 is 0 Å². The SMILES string of the molecule is COc1cc(N2CCN(c3ccccc3)CC2)nc(NC(=S)NCC2(c3ccccc3)CCCC2)n1. The predicted octanol–water partition coefficient (Wildman–Crippen LogP) is 4.61. The number of benzene rings is 2. The molecule has 1 saturated carbocycles. The minimum Gasteiger partial charge on any atom is -0.481 e. The fraction of sp³-hybridized carbons (Fsp3) is 0.393. The average Bonchev–Trinajstić information content (AvgIpc) is 3.43. The van der Waals surface area contributed by atoms with Crippen LogP contribution in [0.5, 0.6) is 5.88 Å². The molecule has 0 radical (unpaired) electrons. The molecular weight excluding hydrogens is 468 g/mol. The number of nitrogens with zero attached hydrogens (tertiary/aromatic N) is 4. The normalized spacial score (nSPS) is 17.0. The Morgan fingerprint density at radius 1 is 0.917 bits per heavy atom. The lowest BCUT2D eigenvalue weighted by atomic mass is 9.79. The fourth-order valence-electron chi connectivity index (χ4n) is 5.37. The van der Waals surface area contributed by atoms with Gasteiger partial charge in [0.25, 0.3) is 0 Å². The first kappa shape index (κ1) is 24.3. The summed E-state index contributed by atoms with van der Waals surface area (Å²) >= 11 is 5.66. The number of hydrogen-bond donors (Lipinski definition) is 2. The average molecular weight is 503 g/mol. The van der Waals surface area contributed by atoms with Crippen molar-refractivity contribution in [3.8, 4) is 5.88 Å². The molecule has 3 aromatic rings. The lowest BCUT2D eigenvalue weighted by Crippen LogP contribution is -2.47. The molecule has 8 heteroatoms. The number of anilines is 3. The molecule has 0 spiro atoms. The van der Waals surface area contributed by atoms with Gasteiger partial charge in [-0.1, -0.05) is 61.4 Å². The standard InChI is InChI=1S/C28H34N6OS/c1-35-25-20-24(34-18-16-33(17-19-34)23-12-6-3-7-13-23)30-26(31-25)32-27(36)29-21-28(14-8-9-15-28)22-10-4-2-5-11-22/h2-7,10-13,20H,8-9,14-19,21H2,1H3,(H2,29,30,31,32,36). The van der Waals surface area contributed by atoms with Crippen LogP contribution >= 0.6 is 12.2 Å². The summed E-state index contributed by atoms with van der Waals surface area (Å²) in [5, 5.41) is 7.19. The van der Waals surface area contributed by atoms with E-state index in [9.17, 15) is 0 Å². The second-order valence-corrected chi connectivity index (χ2v) is 9.97. The van der Waals surface area contributed by atoms with Gasteiger partial charge in [0.2, 0.25) is 11.8 Å². The van der Waals surface area contributed by atoms with E-state index in [2.05, 4.69) is 86.1 Å². The molecule has 0 unspecified atom stereocenters. The number of piperazine rings is 1. The summed E-state index contributed by atoms with van der Waals surface area (Å²) < 4.78 is 5.48. The van der Waals surface area contributed by atoms with Gasteiger partial charge in [0.15, 0.2) is 5.11 Å². The number of ether oxygens (including phenoxy) is 1. The number of para-hydroxylation sites is 1. The molecule has 0 bridgehead atoms. The van der Waals surface area contributed by atoms with E-state index in [1.807, 2.05) is 6.07 Å². The molecule has 188 valence electrons. The van der Waals surface area contributed by atoms with Crippen molar-refractivity contribution in [2.45, 2.75) is 31.1 Å². The molecule has 2 fully saturated rings. The first-order valence-corrected chi connectivity index (χ1v) is 13.1. The van der Waals surface area contributed by atoms with Gasteiger partial charge in [-0.25, -0.2) is 0 Å². The van der Waals surface area contributed by atoms with Crippen LogP contribution in [0, 0.1) is 0 Å². The van der Waals surface area contributed by atoms with Crippen LogP contribution < -0.4 is 25.2 Å². The molecule has 2 aliphatic rings. The highest BCUT2D eigenvalue weighted by molar-refractivity contribution is 7.80. The molecule has 1 aromatic heterocycles. The number of hydrogen-bond acceptors (Lipinski definition) is 6. The van der Waals surface area contributed by atoms with Crippen LogP contribution in [0.1, 0.15) is 31.2 Å². The summed E-state index contributed by atoms with van der Waals surface area (Å²) in [4.78, 5) is 13.9. The third-order valence-electron chi connectivity index (χ3n) is 7.38. The predicted molar refractivity (Wildman–Crippen MR) is 150 cm³/mol. The Balaban J connectivity index is 1.23. The number of rotatable bonds is 7. The Morgan fingerprint density at radius 3 is 2.22 bits per heavy atom. The van der Waals surface area contributed by atoms with E-state index >= 15 is 0 Å². The van der Waals surface area contributed by atoms with Crippen molar-refractivity contribution in [3.63, 3.8) is 0 Å². The lowest BCUT2D eigenvalue weighted by molar-refractivity contribution is 0.397. The van der Waals surface area contributed by atoms with Gasteiger partial charge in [0.05, 0.1) is 7.11 Å².